The van der Waals surface area contributed by atoms with Crippen LogP contribution in [-0.4, -0.2) is 55.7 Å². The van der Waals surface area contributed by atoms with Gasteiger partial charge < -0.3 is 14.5 Å². The van der Waals surface area contributed by atoms with Crippen molar-refractivity contribution in [2.24, 2.45) is 11.3 Å². The molecule has 0 saturated carbocycles. The predicted octanol–water partition coefficient (Wildman–Crippen LogP) is 4.74. The fraction of sp³-hybridized carbons (Fsp3) is 0.370. The number of alkyl halides is 3. The summed E-state index contributed by atoms with van der Waals surface area (Å²) < 4.78 is 46.2. The van der Waals surface area contributed by atoms with E-state index in [9.17, 15) is 18.0 Å². The largest absolute Gasteiger partial charge is 0.417 e. The molecule has 3 aromatic rings. The molecule has 9 heteroatoms. The Morgan fingerprint density at radius 2 is 2.03 bits per heavy atom. The van der Waals surface area contributed by atoms with Crippen LogP contribution in [0.2, 0.25) is 0 Å². The van der Waals surface area contributed by atoms with E-state index in [0.717, 1.165) is 16.8 Å². The van der Waals surface area contributed by atoms with Gasteiger partial charge in [0.25, 0.3) is 5.91 Å². The summed E-state index contributed by atoms with van der Waals surface area (Å²) in [6, 6.07) is 15.0. The fourth-order valence-corrected chi connectivity index (χ4v) is 5.70. The Morgan fingerprint density at radius 1 is 1.22 bits per heavy atom. The molecule has 0 spiro atoms. The SMILES string of the molecule is COC[C@@]12CCN(c3ccc(C#N)c(C(F)(F)F)c3)C[C@@H]1CN(C(=O)c1nccc3ccccc13)C2. The van der Waals surface area contributed by atoms with Crippen molar-refractivity contribution < 1.29 is 22.7 Å². The number of ether oxygens (including phenoxy) is 1. The van der Waals surface area contributed by atoms with Crippen molar-refractivity contribution in [1.82, 2.24) is 9.88 Å². The Labute approximate surface area is 206 Å². The highest BCUT2D eigenvalue weighted by Gasteiger charge is 2.51. The highest BCUT2D eigenvalue weighted by molar-refractivity contribution is 6.05. The molecule has 2 aliphatic heterocycles. The molecule has 2 saturated heterocycles. The van der Waals surface area contributed by atoms with Gasteiger partial charge in [0, 0.05) is 61.9 Å². The summed E-state index contributed by atoms with van der Waals surface area (Å²) in [6.07, 6.45) is -2.31. The van der Waals surface area contributed by atoms with Crippen LogP contribution >= 0.6 is 0 Å². The van der Waals surface area contributed by atoms with Gasteiger partial charge in [-0.3, -0.25) is 9.78 Å². The molecule has 0 bridgehead atoms. The number of benzene rings is 2. The quantitative estimate of drug-likeness (QED) is 0.524. The number of piperidine rings is 1. The van der Waals surface area contributed by atoms with Crippen LogP contribution in [-0.2, 0) is 10.9 Å². The van der Waals surface area contributed by atoms with Crippen molar-refractivity contribution in [3.8, 4) is 6.07 Å². The highest BCUT2D eigenvalue weighted by atomic mass is 19.4. The smallest absolute Gasteiger partial charge is 0.384 e. The lowest BCUT2D eigenvalue weighted by Gasteiger charge is -2.44. The summed E-state index contributed by atoms with van der Waals surface area (Å²) >= 11 is 0. The standard InChI is InChI=1S/C27H25F3N4O2/c1-36-17-26-9-11-33(21-7-6-19(13-31)23(12-21)27(28,29)30)14-20(26)15-34(16-26)25(35)24-22-5-3-2-4-18(22)8-10-32-24/h2-8,10,12,20H,9,11,14-17H2,1H3/t20-,26+/m1/s1. The van der Waals surface area contributed by atoms with E-state index < -0.39 is 17.3 Å². The molecule has 186 valence electrons. The molecule has 1 amide bonds. The van der Waals surface area contributed by atoms with Crippen LogP contribution in [0.3, 0.4) is 0 Å². The normalized spacial score (nSPS) is 21.9. The van der Waals surface area contributed by atoms with Crippen molar-refractivity contribution >= 4 is 22.4 Å². The third-order valence-corrected chi connectivity index (χ3v) is 7.52. The number of amides is 1. The zero-order valence-corrected chi connectivity index (χ0v) is 19.8. The molecule has 5 rings (SSSR count). The van der Waals surface area contributed by atoms with Crippen LogP contribution in [0.5, 0.6) is 0 Å². The molecule has 0 radical (unpaired) electrons. The monoisotopic (exact) mass is 494 g/mol. The number of carbonyl (C=O) groups is 1. The summed E-state index contributed by atoms with van der Waals surface area (Å²) in [5, 5.41) is 10.8. The third kappa shape index (κ3) is 4.16. The molecule has 0 aliphatic carbocycles. The first-order valence-corrected chi connectivity index (χ1v) is 11.7. The lowest BCUT2D eigenvalue weighted by molar-refractivity contribution is -0.137. The zero-order chi connectivity index (χ0) is 25.5. The molecule has 3 heterocycles. The molecule has 1 aromatic heterocycles. The van der Waals surface area contributed by atoms with Gasteiger partial charge in [0.15, 0.2) is 0 Å². The number of pyridine rings is 1. The van der Waals surface area contributed by atoms with Crippen LogP contribution in [0.1, 0.15) is 28.0 Å². The average molecular weight is 495 g/mol. The lowest BCUT2D eigenvalue weighted by Crippen LogP contribution is -2.49. The minimum Gasteiger partial charge on any atom is -0.384 e. The van der Waals surface area contributed by atoms with Gasteiger partial charge in [0.05, 0.1) is 23.8 Å². The predicted molar refractivity (Wildman–Crippen MR) is 128 cm³/mol. The van der Waals surface area contributed by atoms with Crippen molar-refractivity contribution in [3.05, 3.63) is 71.5 Å². The lowest BCUT2D eigenvalue weighted by atomic mass is 9.73. The second-order valence-electron chi connectivity index (χ2n) is 9.59. The van der Waals surface area contributed by atoms with E-state index in [4.69, 9.17) is 10.00 Å². The number of aromatic nitrogens is 1. The van der Waals surface area contributed by atoms with Crippen LogP contribution in [0.4, 0.5) is 18.9 Å². The minimum atomic E-state index is -4.61. The Morgan fingerprint density at radius 3 is 2.78 bits per heavy atom. The number of hydrogen-bond donors (Lipinski definition) is 0. The number of hydrogen-bond acceptors (Lipinski definition) is 5. The molecule has 2 fully saturated rings. The topological polar surface area (TPSA) is 69.5 Å². The van der Waals surface area contributed by atoms with Gasteiger partial charge in [0.1, 0.15) is 5.69 Å². The maximum absolute atomic E-state index is 13.6. The maximum Gasteiger partial charge on any atom is 0.417 e. The molecular weight excluding hydrogens is 469 g/mol. The second kappa shape index (κ2) is 9.10. The van der Waals surface area contributed by atoms with Crippen molar-refractivity contribution in [1.29, 1.82) is 5.26 Å². The van der Waals surface area contributed by atoms with Gasteiger partial charge in [-0.05, 0) is 36.1 Å². The van der Waals surface area contributed by atoms with Gasteiger partial charge >= 0.3 is 6.18 Å². The minimum absolute atomic E-state index is 0.00936. The van der Waals surface area contributed by atoms with Crippen molar-refractivity contribution in [3.63, 3.8) is 0 Å². The van der Waals surface area contributed by atoms with E-state index in [1.54, 1.807) is 25.4 Å². The van der Waals surface area contributed by atoms with Gasteiger partial charge in [-0.1, -0.05) is 24.3 Å². The molecule has 2 aromatic carbocycles. The Hall–Kier alpha value is -3.64. The van der Waals surface area contributed by atoms with Crippen molar-refractivity contribution in [2.45, 2.75) is 12.6 Å². The molecule has 2 atom stereocenters. The number of halogens is 3. The Kier molecular flexibility index (Phi) is 6.08. The van der Waals surface area contributed by atoms with E-state index in [0.29, 0.717) is 50.6 Å². The third-order valence-electron chi connectivity index (χ3n) is 7.52. The van der Waals surface area contributed by atoms with E-state index in [-0.39, 0.29) is 17.2 Å². The van der Waals surface area contributed by atoms with Crippen LogP contribution < -0.4 is 4.90 Å². The van der Waals surface area contributed by atoms with E-state index in [1.807, 2.05) is 40.1 Å². The number of nitrogens with zero attached hydrogens (tertiary/aromatic N) is 4. The number of likely N-dealkylation sites (tertiary alicyclic amines) is 1. The Bertz CT molecular complexity index is 1350. The average Bonchev–Trinajstić information content (AvgIpc) is 3.26. The fourth-order valence-electron chi connectivity index (χ4n) is 5.70. The van der Waals surface area contributed by atoms with Crippen LogP contribution in [0.25, 0.3) is 10.8 Å². The number of fused-ring (bicyclic) bond motifs is 2. The maximum atomic E-state index is 13.6. The van der Waals surface area contributed by atoms with E-state index in [1.165, 1.54) is 6.07 Å². The number of carbonyl (C=O) groups excluding carboxylic acids is 1. The Balaban J connectivity index is 1.42. The van der Waals surface area contributed by atoms with Crippen LogP contribution in [0, 0.1) is 22.7 Å². The summed E-state index contributed by atoms with van der Waals surface area (Å²) in [7, 11) is 1.63. The first-order valence-electron chi connectivity index (χ1n) is 11.7. The summed E-state index contributed by atoms with van der Waals surface area (Å²) in [5.41, 5.74) is -0.782. The first-order chi connectivity index (χ1) is 17.3. The molecule has 2 aliphatic rings. The molecule has 6 nitrogen and oxygen atoms in total. The van der Waals surface area contributed by atoms with Gasteiger partial charge in [0.2, 0.25) is 0 Å². The number of nitriles is 1. The summed E-state index contributed by atoms with van der Waals surface area (Å²) in [6.45, 7) is 2.44. The van der Waals surface area contributed by atoms with E-state index >= 15 is 0 Å². The van der Waals surface area contributed by atoms with Gasteiger partial charge in [-0.2, -0.15) is 18.4 Å². The number of rotatable bonds is 4. The number of methoxy groups -OCH3 is 1. The first kappa shape index (κ1) is 24.1. The molecular formula is C27H25F3N4O2. The summed E-state index contributed by atoms with van der Waals surface area (Å²) in [4.78, 5) is 21.7. The van der Waals surface area contributed by atoms with Crippen LogP contribution in [0.15, 0.2) is 54.7 Å². The van der Waals surface area contributed by atoms with Gasteiger partial charge in [-0.15, -0.1) is 0 Å². The van der Waals surface area contributed by atoms with Gasteiger partial charge in [-0.25, -0.2) is 0 Å². The highest BCUT2D eigenvalue weighted by Crippen LogP contribution is 2.45. The van der Waals surface area contributed by atoms with Crippen molar-refractivity contribution in [2.75, 3.05) is 44.8 Å². The second-order valence-corrected chi connectivity index (χ2v) is 9.59. The molecule has 36 heavy (non-hydrogen) atoms. The zero-order valence-electron chi connectivity index (χ0n) is 19.8. The molecule has 0 N–H and O–H groups in total. The van der Waals surface area contributed by atoms with E-state index in [2.05, 4.69) is 4.98 Å². The number of anilines is 1. The summed E-state index contributed by atoms with van der Waals surface area (Å²) in [5.74, 6) is -0.143. The molecule has 0 unspecified atom stereocenters.